The molecule has 1 saturated carbocycles. The van der Waals surface area contributed by atoms with Crippen molar-refractivity contribution in [1.29, 1.82) is 0 Å². The maximum Gasteiger partial charge on any atom is 0.143 e. The lowest BCUT2D eigenvalue weighted by molar-refractivity contribution is 0.130. The van der Waals surface area contributed by atoms with Crippen molar-refractivity contribution >= 4 is 56.4 Å². The first-order chi connectivity index (χ1) is 14.0. The van der Waals surface area contributed by atoms with Gasteiger partial charge in [-0.2, -0.15) is 0 Å². The lowest BCUT2D eigenvalue weighted by atomic mass is 10.0. The van der Waals surface area contributed by atoms with Crippen LogP contribution in [0.25, 0.3) is 0 Å². The van der Waals surface area contributed by atoms with Gasteiger partial charge in [-0.15, -0.1) is 0 Å². The molecule has 1 fully saturated rings. The van der Waals surface area contributed by atoms with E-state index in [9.17, 15) is 0 Å². The van der Waals surface area contributed by atoms with Crippen LogP contribution in [0.3, 0.4) is 0 Å². The smallest absolute Gasteiger partial charge is 0.143 e. The number of halogens is 4. The normalized spacial score (nSPS) is 18.6. The predicted octanol–water partition coefficient (Wildman–Crippen LogP) is 8.13. The molecule has 0 bridgehead atoms. The Morgan fingerprint density at radius 2 is 1.62 bits per heavy atom. The molecule has 29 heavy (non-hydrogen) atoms. The van der Waals surface area contributed by atoms with E-state index in [2.05, 4.69) is 45.4 Å². The van der Waals surface area contributed by atoms with Gasteiger partial charge in [0.15, 0.2) is 0 Å². The zero-order valence-corrected chi connectivity index (χ0v) is 19.1. The fourth-order valence-corrected chi connectivity index (χ4v) is 4.19. The Hall–Kier alpha value is -1.52. The minimum atomic E-state index is 0.286. The number of rotatable bonds is 6. The van der Waals surface area contributed by atoms with Crippen LogP contribution in [0.2, 0.25) is 15.1 Å². The molecule has 1 aliphatic rings. The summed E-state index contributed by atoms with van der Waals surface area (Å²) in [7, 11) is 0. The minimum Gasteiger partial charge on any atom is -0.391 e. The van der Waals surface area contributed by atoms with E-state index < -0.39 is 0 Å². The molecule has 3 aromatic rings. The molecule has 2 nitrogen and oxygen atoms in total. The van der Waals surface area contributed by atoms with Gasteiger partial charge in [-0.25, -0.2) is 0 Å². The number of hydrogen-bond donors (Lipinski definition) is 0. The molecule has 0 aromatic heterocycles. The monoisotopic (exact) mass is 507 g/mol. The Kier molecular flexibility index (Phi) is 6.50. The third-order valence-corrected chi connectivity index (χ3v) is 6.35. The van der Waals surface area contributed by atoms with Gasteiger partial charge < -0.3 is 4.84 Å². The minimum absolute atomic E-state index is 0.286. The van der Waals surface area contributed by atoms with E-state index >= 15 is 0 Å². The average molecular weight is 510 g/mol. The summed E-state index contributed by atoms with van der Waals surface area (Å²) in [6.07, 6.45) is 1.03. The first kappa shape index (κ1) is 20.7. The second-order valence-electron chi connectivity index (χ2n) is 6.99. The van der Waals surface area contributed by atoms with Gasteiger partial charge in [0, 0.05) is 31.0 Å². The van der Waals surface area contributed by atoms with E-state index in [0.717, 1.165) is 32.8 Å². The van der Waals surface area contributed by atoms with Crippen LogP contribution in [0.15, 0.2) is 76.4 Å². The van der Waals surface area contributed by atoms with Gasteiger partial charge in [-0.05, 0) is 59.9 Å². The Labute approximate surface area is 193 Å². The van der Waals surface area contributed by atoms with Crippen LogP contribution in [-0.2, 0) is 11.4 Å². The van der Waals surface area contributed by atoms with Gasteiger partial charge in [0.1, 0.15) is 6.61 Å². The van der Waals surface area contributed by atoms with Crippen molar-refractivity contribution in [3.8, 4) is 0 Å². The summed E-state index contributed by atoms with van der Waals surface area (Å²) in [6, 6.07) is 21.5. The van der Waals surface area contributed by atoms with Gasteiger partial charge in [-0.1, -0.05) is 86.2 Å². The predicted molar refractivity (Wildman–Crippen MR) is 124 cm³/mol. The van der Waals surface area contributed by atoms with Crippen molar-refractivity contribution in [3.63, 3.8) is 0 Å². The topological polar surface area (TPSA) is 21.6 Å². The molecule has 0 aliphatic heterocycles. The van der Waals surface area contributed by atoms with Crippen molar-refractivity contribution < 1.29 is 4.84 Å². The molecular formula is C23H17BrCl3NO. The molecular weight excluding hydrogens is 493 g/mol. The SMILES string of the molecule is Clc1ccc([C@@H]2C[C@H]2/C(=N\OCc2ccc(Cl)cc2Cl)c2ccc(Br)cc2)cc1. The van der Waals surface area contributed by atoms with E-state index in [1.807, 2.05) is 30.3 Å². The van der Waals surface area contributed by atoms with Crippen LogP contribution in [0, 0.1) is 5.92 Å². The third-order valence-electron chi connectivity index (χ3n) is 4.98. The van der Waals surface area contributed by atoms with E-state index in [4.69, 9.17) is 39.6 Å². The maximum atomic E-state index is 6.24. The van der Waals surface area contributed by atoms with Gasteiger partial charge in [0.25, 0.3) is 0 Å². The van der Waals surface area contributed by atoms with E-state index in [0.29, 0.717) is 21.9 Å². The number of benzene rings is 3. The molecule has 0 unspecified atom stereocenters. The fraction of sp³-hybridized carbons (Fsp3) is 0.174. The highest BCUT2D eigenvalue weighted by molar-refractivity contribution is 9.10. The third kappa shape index (κ3) is 5.16. The van der Waals surface area contributed by atoms with Gasteiger partial charge >= 0.3 is 0 Å². The highest BCUT2D eigenvalue weighted by Crippen LogP contribution is 2.49. The van der Waals surface area contributed by atoms with Crippen molar-refractivity contribution in [3.05, 3.63) is 103 Å². The first-order valence-electron chi connectivity index (χ1n) is 9.16. The van der Waals surface area contributed by atoms with E-state index in [1.54, 1.807) is 12.1 Å². The zero-order valence-electron chi connectivity index (χ0n) is 15.3. The molecule has 0 saturated heterocycles. The van der Waals surface area contributed by atoms with Crippen molar-refractivity contribution in [1.82, 2.24) is 0 Å². The van der Waals surface area contributed by atoms with E-state index in [-0.39, 0.29) is 6.61 Å². The molecule has 0 heterocycles. The Morgan fingerprint density at radius 3 is 2.31 bits per heavy atom. The fourth-order valence-electron chi connectivity index (χ4n) is 3.34. The van der Waals surface area contributed by atoms with Crippen LogP contribution in [0.5, 0.6) is 0 Å². The summed E-state index contributed by atoms with van der Waals surface area (Å²) >= 11 is 21.7. The largest absolute Gasteiger partial charge is 0.391 e. The molecule has 0 radical (unpaired) electrons. The Bertz CT molecular complexity index is 1030. The molecule has 2 atom stereocenters. The molecule has 4 rings (SSSR count). The average Bonchev–Trinajstić information content (AvgIpc) is 3.49. The number of hydrogen-bond acceptors (Lipinski definition) is 2. The van der Waals surface area contributed by atoms with Crippen molar-refractivity contribution in [2.75, 3.05) is 0 Å². The molecule has 0 N–H and O–H groups in total. The molecule has 0 spiro atoms. The maximum absolute atomic E-state index is 6.24. The second kappa shape index (κ2) is 9.09. The Balaban J connectivity index is 1.55. The summed E-state index contributed by atoms with van der Waals surface area (Å²) in [6.45, 7) is 0.286. The summed E-state index contributed by atoms with van der Waals surface area (Å²) in [5.41, 5.74) is 4.12. The van der Waals surface area contributed by atoms with Crippen LogP contribution in [0.4, 0.5) is 0 Å². The number of nitrogens with zero attached hydrogens (tertiary/aromatic N) is 1. The molecule has 1 aliphatic carbocycles. The summed E-state index contributed by atoms with van der Waals surface area (Å²) in [5, 5.41) is 6.44. The number of oxime groups is 1. The summed E-state index contributed by atoms with van der Waals surface area (Å²) in [4.78, 5) is 5.72. The summed E-state index contributed by atoms with van der Waals surface area (Å²) in [5.74, 6) is 0.718. The van der Waals surface area contributed by atoms with Gasteiger partial charge in [0.05, 0.1) is 5.71 Å². The Morgan fingerprint density at radius 1 is 0.931 bits per heavy atom. The van der Waals surface area contributed by atoms with Crippen LogP contribution < -0.4 is 0 Å². The zero-order chi connectivity index (χ0) is 20.4. The quantitative estimate of drug-likeness (QED) is 0.243. The van der Waals surface area contributed by atoms with Crippen LogP contribution >= 0.6 is 50.7 Å². The lowest BCUT2D eigenvalue weighted by Gasteiger charge is -2.09. The lowest BCUT2D eigenvalue weighted by Crippen LogP contribution is -2.07. The molecule has 0 amide bonds. The van der Waals surface area contributed by atoms with Crippen LogP contribution in [-0.4, -0.2) is 5.71 Å². The second-order valence-corrected chi connectivity index (χ2v) is 9.19. The van der Waals surface area contributed by atoms with Crippen molar-refractivity contribution in [2.45, 2.75) is 18.9 Å². The highest BCUT2D eigenvalue weighted by Gasteiger charge is 2.43. The highest BCUT2D eigenvalue weighted by atomic mass is 79.9. The first-order valence-corrected chi connectivity index (χ1v) is 11.1. The van der Waals surface area contributed by atoms with Crippen molar-refractivity contribution in [2.24, 2.45) is 11.1 Å². The van der Waals surface area contributed by atoms with Crippen LogP contribution in [0.1, 0.15) is 29.0 Å². The molecule has 148 valence electrons. The van der Waals surface area contributed by atoms with Gasteiger partial charge in [-0.3, -0.25) is 0 Å². The standard InChI is InChI=1S/C23H17BrCl3NO/c24-17-6-1-15(2-7-17)23(21-12-20(21)14-3-8-18(25)9-4-14)28-29-13-16-5-10-19(26)11-22(16)27/h1-11,20-21H,12-13H2/b28-23-/t20-,21+/m0/s1. The molecule has 6 heteroatoms. The molecule has 3 aromatic carbocycles. The van der Waals surface area contributed by atoms with Gasteiger partial charge in [0.2, 0.25) is 0 Å². The summed E-state index contributed by atoms with van der Waals surface area (Å²) < 4.78 is 1.03. The van der Waals surface area contributed by atoms with E-state index in [1.165, 1.54) is 5.56 Å².